The van der Waals surface area contributed by atoms with Gasteiger partial charge in [-0.25, -0.2) is 0 Å². The average Bonchev–Trinajstić information content (AvgIpc) is 2.21. The Morgan fingerprint density at radius 2 is 0.882 bits per heavy atom. The minimum Gasteiger partial charge on any atom is -0.494 e. The van der Waals surface area contributed by atoms with E-state index in [0.717, 1.165) is 0 Å². The summed E-state index contributed by atoms with van der Waals surface area (Å²) >= 11 is 0. The van der Waals surface area contributed by atoms with E-state index in [2.05, 4.69) is 11.5 Å². The number of aliphatic hydroxyl groups is 2. The molecule has 0 heterocycles. The molecular weight excluding hydrogens is 276 g/mol. The fourth-order valence-electron chi connectivity index (χ4n) is 0.279. The Bertz CT molecular complexity index is 396. The number of allylic oxidation sites excluding steroid dienone is 2. The van der Waals surface area contributed by atoms with E-state index in [1.165, 1.54) is 24.3 Å². The molecule has 1 radical (unpaired) electrons. The molecule has 0 aromatic rings. The standard InChI is InChI=1S/2C4H3N3O.Cu/c2*5-1-3(2-6)4(7)8;/h2*8H,7H2;. The first-order valence-corrected chi connectivity index (χ1v) is 3.42. The number of nitriles is 4. The van der Waals surface area contributed by atoms with Gasteiger partial charge in [0.25, 0.3) is 0 Å². The zero-order chi connectivity index (χ0) is 13.1. The van der Waals surface area contributed by atoms with E-state index in [4.69, 9.17) is 31.3 Å². The Labute approximate surface area is 107 Å². The predicted octanol–water partition coefficient (Wildman–Crippen LogP) is -0.479. The van der Waals surface area contributed by atoms with Gasteiger partial charge < -0.3 is 21.7 Å². The molecule has 0 spiro atoms. The molecule has 0 bridgehead atoms. The van der Waals surface area contributed by atoms with E-state index in [1.807, 2.05) is 0 Å². The SMILES string of the molecule is N#CC(C#N)=C(N)O.N#CC(C#N)=C(N)O.[Cu]. The maximum absolute atomic E-state index is 8.22. The number of nitrogens with two attached hydrogens (primary N) is 2. The summed E-state index contributed by atoms with van der Waals surface area (Å²) in [4.78, 5) is 0. The van der Waals surface area contributed by atoms with Gasteiger partial charge in [0.05, 0.1) is 0 Å². The average molecular weight is 282 g/mol. The molecule has 0 unspecified atom stereocenters. The zero-order valence-corrected chi connectivity index (χ0v) is 9.08. The van der Waals surface area contributed by atoms with Crippen molar-refractivity contribution >= 4 is 0 Å². The van der Waals surface area contributed by atoms with Crippen LogP contribution in [0.4, 0.5) is 0 Å². The number of nitrogens with zero attached hydrogens (tertiary/aromatic N) is 4. The summed E-state index contributed by atoms with van der Waals surface area (Å²) in [5.41, 5.74) is 8.39. The first kappa shape index (κ1) is 19.7. The van der Waals surface area contributed by atoms with Gasteiger partial charge >= 0.3 is 0 Å². The molecule has 0 fully saturated rings. The number of rotatable bonds is 0. The van der Waals surface area contributed by atoms with E-state index in [-0.39, 0.29) is 17.1 Å². The topological polar surface area (TPSA) is 188 Å². The Hall–Kier alpha value is -2.84. The largest absolute Gasteiger partial charge is 0.494 e. The maximum Gasteiger partial charge on any atom is 0.211 e. The van der Waals surface area contributed by atoms with Gasteiger partial charge in [0.15, 0.2) is 11.1 Å². The van der Waals surface area contributed by atoms with E-state index in [0.29, 0.717) is 0 Å². The molecule has 0 aliphatic carbocycles. The van der Waals surface area contributed by atoms with Crippen molar-refractivity contribution in [1.29, 1.82) is 21.0 Å². The van der Waals surface area contributed by atoms with Crippen LogP contribution in [0.5, 0.6) is 0 Å². The second-order valence-corrected chi connectivity index (χ2v) is 1.97. The summed E-state index contributed by atoms with van der Waals surface area (Å²) < 4.78 is 0. The summed E-state index contributed by atoms with van der Waals surface area (Å²) in [6.45, 7) is 0. The van der Waals surface area contributed by atoms with Crippen LogP contribution in [0.25, 0.3) is 0 Å². The summed E-state index contributed by atoms with van der Waals surface area (Å²) in [5, 5.41) is 48.2. The van der Waals surface area contributed by atoms with Crippen LogP contribution in [0.3, 0.4) is 0 Å². The monoisotopic (exact) mass is 281 g/mol. The molecule has 0 atom stereocenters. The molecule has 91 valence electrons. The number of aliphatic hydroxyl groups excluding tert-OH is 2. The second-order valence-electron chi connectivity index (χ2n) is 1.97. The van der Waals surface area contributed by atoms with Crippen LogP contribution in [-0.4, -0.2) is 10.2 Å². The molecule has 0 saturated carbocycles. The van der Waals surface area contributed by atoms with Gasteiger partial charge in [0.1, 0.15) is 24.3 Å². The summed E-state index contributed by atoms with van der Waals surface area (Å²) in [7, 11) is 0. The number of hydrogen-bond donors (Lipinski definition) is 4. The predicted molar refractivity (Wildman–Crippen MR) is 50.1 cm³/mol. The first-order valence-electron chi connectivity index (χ1n) is 3.42. The normalized spacial score (nSPS) is 5.88. The molecule has 0 aliphatic rings. The third kappa shape index (κ3) is 9.46. The van der Waals surface area contributed by atoms with Crippen molar-refractivity contribution in [2.24, 2.45) is 11.5 Å². The van der Waals surface area contributed by atoms with Gasteiger partial charge in [-0.3, -0.25) is 0 Å². The molecule has 0 saturated heterocycles. The van der Waals surface area contributed by atoms with Gasteiger partial charge in [0, 0.05) is 17.1 Å². The maximum atomic E-state index is 8.22. The van der Waals surface area contributed by atoms with Crippen molar-refractivity contribution in [3.05, 3.63) is 22.9 Å². The fourth-order valence-corrected chi connectivity index (χ4v) is 0.279. The van der Waals surface area contributed by atoms with Crippen molar-refractivity contribution in [3.63, 3.8) is 0 Å². The third-order valence-electron chi connectivity index (χ3n) is 0.959. The summed E-state index contributed by atoms with van der Waals surface area (Å²) in [5.74, 6) is -1.45. The van der Waals surface area contributed by atoms with Crippen LogP contribution in [-0.2, 0) is 17.1 Å². The van der Waals surface area contributed by atoms with Gasteiger partial charge in [-0.1, -0.05) is 0 Å². The Kier molecular flexibility index (Phi) is 13.0. The van der Waals surface area contributed by atoms with Gasteiger partial charge in [-0.2, -0.15) is 21.0 Å². The van der Waals surface area contributed by atoms with Crippen LogP contribution < -0.4 is 11.5 Å². The van der Waals surface area contributed by atoms with E-state index in [9.17, 15) is 0 Å². The molecule has 0 aromatic heterocycles. The quantitative estimate of drug-likeness (QED) is 0.260. The molecule has 0 aliphatic heterocycles. The van der Waals surface area contributed by atoms with Crippen molar-refractivity contribution in [2.75, 3.05) is 0 Å². The summed E-state index contributed by atoms with van der Waals surface area (Å²) in [6, 6.07) is 5.58. The molecule has 6 N–H and O–H groups in total. The smallest absolute Gasteiger partial charge is 0.211 e. The van der Waals surface area contributed by atoms with Crippen LogP contribution in [0, 0.1) is 45.3 Å². The molecule has 0 rings (SSSR count). The molecule has 17 heavy (non-hydrogen) atoms. The molecule has 8 nitrogen and oxygen atoms in total. The van der Waals surface area contributed by atoms with Gasteiger partial charge in [0.2, 0.25) is 11.8 Å². The molecule has 0 amide bonds. The Morgan fingerprint density at radius 1 is 0.706 bits per heavy atom. The van der Waals surface area contributed by atoms with E-state index < -0.39 is 22.9 Å². The Morgan fingerprint density at radius 3 is 0.882 bits per heavy atom. The first-order chi connectivity index (χ1) is 7.44. The van der Waals surface area contributed by atoms with Crippen molar-refractivity contribution in [1.82, 2.24) is 0 Å². The zero-order valence-electron chi connectivity index (χ0n) is 8.14. The van der Waals surface area contributed by atoms with Crippen molar-refractivity contribution in [2.45, 2.75) is 0 Å². The van der Waals surface area contributed by atoms with Crippen LogP contribution in [0.15, 0.2) is 22.9 Å². The van der Waals surface area contributed by atoms with Crippen LogP contribution in [0.1, 0.15) is 0 Å². The van der Waals surface area contributed by atoms with Gasteiger partial charge in [-0.05, 0) is 0 Å². The van der Waals surface area contributed by atoms with Crippen molar-refractivity contribution in [3.8, 4) is 24.3 Å². The van der Waals surface area contributed by atoms with E-state index in [1.54, 1.807) is 0 Å². The van der Waals surface area contributed by atoms with Crippen LogP contribution >= 0.6 is 0 Å². The second kappa shape index (κ2) is 11.2. The molecular formula is C8H6CuN6O2. The fraction of sp³-hybridized carbons (Fsp3) is 0. The molecule has 0 aromatic carbocycles. The summed E-state index contributed by atoms with van der Waals surface area (Å²) in [6.07, 6.45) is 0. The number of hydrogen-bond acceptors (Lipinski definition) is 8. The minimum atomic E-state index is -0.727. The van der Waals surface area contributed by atoms with E-state index >= 15 is 0 Å². The third-order valence-corrected chi connectivity index (χ3v) is 0.959. The minimum absolute atomic E-state index is 0. The van der Waals surface area contributed by atoms with Crippen molar-refractivity contribution < 1.29 is 27.3 Å². The Balaban J connectivity index is -0.000000218. The van der Waals surface area contributed by atoms with Gasteiger partial charge in [-0.15, -0.1) is 0 Å². The van der Waals surface area contributed by atoms with Crippen LogP contribution in [0.2, 0.25) is 0 Å². The molecule has 9 heteroatoms.